The summed E-state index contributed by atoms with van der Waals surface area (Å²) >= 11 is 0. The van der Waals surface area contributed by atoms with Crippen LogP contribution in [0.25, 0.3) is 0 Å². The van der Waals surface area contributed by atoms with E-state index in [-0.39, 0.29) is 11.5 Å². The van der Waals surface area contributed by atoms with Crippen LogP contribution in [0.1, 0.15) is 29.9 Å². The van der Waals surface area contributed by atoms with Gasteiger partial charge in [-0.05, 0) is 26.0 Å². The van der Waals surface area contributed by atoms with Crippen LogP contribution in [0, 0.1) is 5.41 Å². The topological polar surface area (TPSA) is 91.3 Å². The largest absolute Gasteiger partial charge is 0.478 e. The van der Waals surface area contributed by atoms with Gasteiger partial charge in [0.25, 0.3) is 0 Å². The molecule has 0 atom stereocenters. The molecule has 0 aliphatic rings. The standard InChI is InChI=1S/C13H19N3O3/c1-13(2,12(19)14-3)8-15-7-10-5-4-9(6-16-10)11(17)18/h4-6,15H,7-8H2,1-3H3,(H,14,19)(H,17,18). The Labute approximate surface area is 112 Å². The van der Waals surface area contributed by atoms with E-state index in [4.69, 9.17) is 5.11 Å². The molecule has 0 saturated carbocycles. The predicted octanol–water partition coefficient (Wildman–Crippen LogP) is 0.642. The summed E-state index contributed by atoms with van der Waals surface area (Å²) in [5.41, 5.74) is 0.391. The fourth-order valence-electron chi connectivity index (χ4n) is 1.58. The third-order valence-electron chi connectivity index (χ3n) is 2.79. The Morgan fingerprint density at radius 3 is 2.53 bits per heavy atom. The number of nitrogens with one attached hydrogen (secondary N) is 2. The molecule has 1 amide bonds. The van der Waals surface area contributed by atoms with E-state index in [0.717, 1.165) is 5.69 Å². The monoisotopic (exact) mass is 265 g/mol. The molecule has 6 nitrogen and oxygen atoms in total. The van der Waals surface area contributed by atoms with Crippen molar-refractivity contribution in [2.45, 2.75) is 20.4 Å². The highest BCUT2D eigenvalue weighted by Gasteiger charge is 2.25. The number of carboxylic acid groups (broad SMARTS) is 1. The van der Waals surface area contributed by atoms with Crippen molar-refractivity contribution in [3.05, 3.63) is 29.6 Å². The number of hydrogen-bond donors (Lipinski definition) is 3. The molecule has 19 heavy (non-hydrogen) atoms. The molecule has 1 rings (SSSR count). The molecule has 0 radical (unpaired) electrons. The maximum atomic E-state index is 11.6. The lowest BCUT2D eigenvalue weighted by Gasteiger charge is -2.22. The predicted molar refractivity (Wildman–Crippen MR) is 70.8 cm³/mol. The third kappa shape index (κ3) is 4.33. The van der Waals surface area contributed by atoms with Crippen LogP contribution in [0.2, 0.25) is 0 Å². The van der Waals surface area contributed by atoms with Crippen molar-refractivity contribution >= 4 is 11.9 Å². The van der Waals surface area contributed by atoms with Crippen LogP contribution in [-0.4, -0.2) is 35.6 Å². The molecule has 0 fully saturated rings. The Bertz CT molecular complexity index is 455. The molecule has 104 valence electrons. The molecule has 3 N–H and O–H groups in total. The van der Waals surface area contributed by atoms with Crippen LogP contribution in [0.4, 0.5) is 0 Å². The SMILES string of the molecule is CNC(=O)C(C)(C)CNCc1ccc(C(=O)O)cn1. The third-order valence-corrected chi connectivity index (χ3v) is 2.79. The van der Waals surface area contributed by atoms with Gasteiger partial charge in [-0.1, -0.05) is 0 Å². The minimum atomic E-state index is -0.993. The van der Waals surface area contributed by atoms with E-state index in [2.05, 4.69) is 15.6 Å². The lowest BCUT2D eigenvalue weighted by atomic mass is 9.92. The number of amides is 1. The molecular formula is C13H19N3O3. The number of carbonyl (C=O) groups is 2. The maximum Gasteiger partial charge on any atom is 0.337 e. The number of aromatic nitrogens is 1. The zero-order valence-corrected chi connectivity index (χ0v) is 11.4. The molecule has 0 aliphatic heterocycles. The molecule has 6 heteroatoms. The summed E-state index contributed by atoms with van der Waals surface area (Å²) in [6.07, 6.45) is 1.32. The second-order valence-electron chi connectivity index (χ2n) is 4.91. The van der Waals surface area contributed by atoms with Crippen LogP contribution >= 0.6 is 0 Å². The normalized spacial score (nSPS) is 11.1. The summed E-state index contributed by atoms with van der Waals surface area (Å²) in [5, 5.41) is 14.5. The number of rotatable bonds is 6. The molecule has 1 aromatic heterocycles. The van der Waals surface area contributed by atoms with Gasteiger partial charge in [-0.15, -0.1) is 0 Å². The highest BCUT2D eigenvalue weighted by molar-refractivity contribution is 5.87. The van der Waals surface area contributed by atoms with E-state index in [1.807, 2.05) is 13.8 Å². The first kappa shape index (κ1) is 15.1. The van der Waals surface area contributed by atoms with Gasteiger partial charge in [0.1, 0.15) is 0 Å². The van der Waals surface area contributed by atoms with E-state index >= 15 is 0 Å². The van der Waals surface area contributed by atoms with Crippen molar-refractivity contribution in [1.29, 1.82) is 0 Å². The summed E-state index contributed by atoms with van der Waals surface area (Å²) in [5.74, 6) is -1.03. The molecule has 0 saturated heterocycles. The van der Waals surface area contributed by atoms with Crippen LogP contribution in [0.3, 0.4) is 0 Å². The number of carbonyl (C=O) groups excluding carboxylic acids is 1. The van der Waals surface area contributed by atoms with E-state index in [9.17, 15) is 9.59 Å². The second-order valence-corrected chi connectivity index (χ2v) is 4.91. The lowest BCUT2D eigenvalue weighted by molar-refractivity contribution is -0.128. The van der Waals surface area contributed by atoms with Gasteiger partial charge in [0.2, 0.25) is 5.91 Å². The summed E-state index contributed by atoms with van der Waals surface area (Å²) in [4.78, 5) is 26.3. The van der Waals surface area contributed by atoms with Crippen molar-refractivity contribution in [1.82, 2.24) is 15.6 Å². The first-order valence-corrected chi connectivity index (χ1v) is 5.98. The summed E-state index contributed by atoms with van der Waals surface area (Å²) < 4.78 is 0. The minimum absolute atomic E-state index is 0.0332. The van der Waals surface area contributed by atoms with Crippen LogP contribution in [-0.2, 0) is 11.3 Å². The van der Waals surface area contributed by atoms with E-state index in [0.29, 0.717) is 13.1 Å². The van der Waals surface area contributed by atoms with Gasteiger partial charge >= 0.3 is 5.97 Å². The molecule has 0 spiro atoms. The zero-order chi connectivity index (χ0) is 14.5. The van der Waals surface area contributed by atoms with Gasteiger partial charge in [0, 0.05) is 26.3 Å². The van der Waals surface area contributed by atoms with Crippen molar-refractivity contribution in [3.63, 3.8) is 0 Å². The fraction of sp³-hybridized carbons (Fsp3) is 0.462. The van der Waals surface area contributed by atoms with Gasteiger partial charge in [-0.25, -0.2) is 4.79 Å². The Balaban J connectivity index is 2.49. The van der Waals surface area contributed by atoms with E-state index < -0.39 is 11.4 Å². The van der Waals surface area contributed by atoms with Crippen molar-refractivity contribution in [2.75, 3.05) is 13.6 Å². The van der Waals surface area contributed by atoms with E-state index in [1.54, 1.807) is 13.1 Å². The van der Waals surface area contributed by atoms with E-state index in [1.165, 1.54) is 12.3 Å². The van der Waals surface area contributed by atoms with Gasteiger partial charge in [0.05, 0.1) is 16.7 Å². The van der Waals surface area contributed by atoms with Gasteiger partial charge in [0.15, 0.2) is 0 Å². The average molecular weight is 265 g/mol. The summed E-state index contributed by atoms with van der Waals surface area (Å²) in [7, 11) is 1.61. The fourth-order valence-corrected chi connectivity index (χ4v) is 1.58. The number of nitrogens with zero attached hydrogens (tertiary/aromatic N) is 1. The number of aromatic carboxylic acids is 1. The highest BCUT2D eigenvalue weighted by atomic mass is 16.4. The highest BCUT2D eigenvalue weighted by Crippen LogP contribution is 2.13. The molecule has 1 aromatic rings. The zero-order valence-electron chi connectivity index (χ0n) is 11.4. The maximum absolute atomic E-state index is 11.6. The number of carboxylic acids is 1. The summed E-state index contributed by atoms with van der Waals surface area (Å²) in [6.45, 7) is 4.69. The molecule has 0 unspecified atom stereocenters. The quantitative estimate of drug-likeness (QED) is 0.702. The van der Waals surface area contributed by atoms with Crippen LogP contribution in [0.5, 0.6) is 0 Å². The molecule has 1 heterocycles. The second kappa shape index (κ2) is 6.29. The Morgan fingerprint density at radius 2 is 2.05 bits per heavy atom. The summed E-state index contributed by atoms with van der Waals surface area (Å²) in [6, 6.07) is 3.17. The van der Waals surface area contributed by atoms with Gasteiger partial charge in [-0.3, -0.25) is 9.78 Å². The minimum Gasteiger partial charge on any atom is -0.478 e. The molecular weight excluding hydrogens is 246 g/mol. The average Bonchev–Trinajstić information content (AvgIpc) is 2.38. The first-order valence-electron chi connectivity index (χ1n) is 5.98. The smallest absolute Gasteiger partial charge is 0.337 e. The Hall–Kier alpha value is -1.95. The van der Waals surface area contributed by atoms with Gasteiger partial charge < -0.3 is 15.7 Å². The Kier molecular flexibility index (Phi) is 5.00. The lowest BCUT2D eigenvalue weighted by Crippen LogP contribution is -2.41. The molecule has 0 aliphatic carbocycles. The van der Waals surface area contributed by atoms with Crippen molar-refractivity contribution in [3.8, 4) is 0 Å². The molecule has 0 aromatic carbocycles. The molecule has 0 bridgehead atoms. The first-order chi connectivity index (χ1) is 8.86. The van der Waals surface area contributed by atoms with Crippen molar-refractivity contribution < 1.29 is 14.7 Å². The number of pyridine rings is 1. The van der Waals surface area contributed by atoms with Gasteiger partial charge in [-0.2, -0.15) is 0 Å². The van der Waals surface area contributed by atoms with Crippen LogP contribution in [0.15, 0.2) is 18.3 Å². The van der Waals surface area contributed by atoms with Crippen LogP contribution < -0.4 is 10.6 Å². The number of hydrogen-bond acceptors (Lipinski definition) is 4. The van der Waals surface area contributed by atoms with Crippen molar-refractivity contribution in [2.24, 2.45) is 5.41 Å². The Morgan fingerprint density at radius 1 is 1.37 bits per heavy atom.